The monoisotopic (exact) mass is 451 g/mol. The lowest BCUT2D eigenvalue weighted by atomic mass is 10.2. The Labute approximate surface area is 192 Å². The van der Waals surface area contributed by atoms with Gasteiger partial charge in [0.05, 0.1) is 22.8 Å². The first kappa shape index (κ1) is 20.7. The Kier molecular flexibility index (Phi) is 5.55. The van der Waals surface area contributed by atoms with E-state index in [1.54, 1.807) is 30.6 Å². The second-order valence-corrected chi connectivity index (χ2v) is 7.08. The van der Waals surface area contributed by atoms with Crippen LogP contribution in [0.25, 0.3) is 22.8 Å². The zero-order valence-corrected chi connectivity index (χ0v) is 17.6. The minimum atomic E-state index is -0.508. The molecule has 4 N–H and O–H groups in total. The molecule has 11 heteroatoms. The number of rotatable bonds is 6. The standard InChI is InChI=1S/C23H17N9O2/c33-22(27-20-12-18(29-31-20)14-6-1-3-10-24-14)16-8-5-9-17(26-16)23(34)28-21-13-19(30-32-21)15-7-2-4-11-25-15/h1-13H,(H2,27,29,31,33)(H2,28,30,32,34). The van der Waals surface area contributed by atoms with Crippen LogP contribution in [0.1, 0.15) is 21.0 Å². The van der Waals surface area contributed by atoms with Gasteiger partial charge in [0.25, 0.3) is 11.8 Å². The average molecular weight is 451 g/mol. The van der Waals surface area contributed by atoms with Crippen LogP contribution in [-0.2, 0) is 0 Å². The van der Waals surface area contributed by atoms with Crippen molar-refractivity contribution in [3.63, 3.8) is 0 Å². The third kappa shape index (κ3) is 4.53. The summed E-state index contributed by atoms with van der Waals surface area (Å²) >= 11 is 0. The van der Waals surface area contributed by atoms with Crippen LogP contribution >= 0.6 is 0 Å². The van der Waals surface area contributed by atoms with E-state index in [0.717, 1.165) is 0 Å². The lowest BCUT2D eigenvalue weighted by molar-refractivity contribution is 0.101. The maximum atomic E-state index is 12.7. The molecule has 0 aromatic carbocycles. The number of aromatic amines is 2. The van der Waals surface area contributed by atoms with Gasteiger partial charge in [0.2, 0.25) is 0 Å². The molecule has 166 valence electrons. The molecule has 11 nitrogen and oxygen atoms in total. The number of pyridine rings is 3. The quantitative estimate of drug-likeness (QED) is 0.309. The highest BCUT2D eigenvalue weighted by Crippen LogP contribution is 2.18. The molecule has 0 unspecified atom stereocenters. The molecular weight excluding hydrogens is 434 g/mol. The van der Waals surface area contributed by atoms with Crippen LogP contribution in [0, 0.1) is 0 Å². The number of carbonyl (C=O) groups excluding carboxylic acids is 2. The van der Waals surface area contributed by atoms with Crippen LogP contribution in [0.2, 0.25) is 0 Å². The predicted octanol–water partition coefficient (Wildman–Crippen LogP) is 3.16. The molecule has 34 heavy (non-hydrogen) atoms. The minimum absolute atomic E-state index is 0.0613. The minimum Gasteiger partial charge on any atom is -0.304 e. The average Bonchev–Trinajstić information content (AvgIpc) is 3.55. The van der Waals surface area contributed by atoms with E-state index in [2.05, 4.69) is 46.0 Å². The first-order valence-electron chi connectivity index (χ1n) is 10.2. The molecule has 0 radical (unpaired) electrons. The van der Waals surface area contributed by atoms with Crippen molar-refractivity contribution in [2.75, 3.05) is 10.6 Å². The molecule has 0 atom stereocenters. The van der Waals surface area contributed by atoms with E-state index in [1.807, 2.05) is 36.4 Å². The van der Waals surface area contributed by atoms with Crippen LogP contribution in [-0.4, -0.2) is 47.2 Å². The smallest absolute Gasteiger partial charge is 0.275 e. The lowest BCUT2D eigenvalue weighted by Crippen LogP contribution is -2.18. The van der Waals surface area contributed by atoms with Gasteiger partial charge in [-0.3, -0.25) is 29.8 Å². The summed E-state index contributed by atoms with van der Waals surface area (Å²) in [6.45, 7) is 0. The fourth-order valence-electron chi connectivity index (χ4n) is 3.13. The van der Waals surface area contributed by atoms with Crippen molar-refractivity contribution in [1.29, 1.82) is 0 Å². The molecule has 0 aliphatic heterocycles. The number of nitrogens with zero attached hydrogens (tertiary/aromatic N) is 5. The van der Waals surface area contributed by atoms with Crippen LogP contribution in [0.5, 0.6) is 0 Å². The number of aromatic nitrogens is 7. The van der Waals surface area contributed by atoms with Crippen molar-refractivity contribution in [3.8, 4) is 22.8 Å². The van der Waals surface area contributed by atoms with Gasteiger partial charge in [0.1, 0.15) is 11.4 Å². The molecule has 5 aromatic heterocycles. The highest BCUT2D eigenvalue weighted by molar-refractivity contribution is 6.05. The molecule has 5 rings (SSSR count). The Hall–Kier alpha value is -5.19. The SMILES string of the molecule is O=C(Nc1cc(-c2ccccn2)[nH]n1)c1cccc(C(=O)Nc2cc(-c3ccccn3)[nH]n2)n1. The summed E-state index contributed by atoms with van der Waals surface area (Å²) in [6.07, 6.45) is 3.33. The number of nitrogens with one attached hydrogen (secondary N) is 4. The summed E-state index contributed by atoms with van der Waals surface area (Å²) in [4.78, 5) is 37.9. The Balaban J connectivity index is 1.26. The van der Waals surface area contributed by atoms with Crippen molar-refractivity contribution >= 4 is 23.5 Å². The van der Waals surface area contributed by atoms with E-state index in [4.69, 9.17) is 0 Å². The second-order valence-electron chi connectivity index (χ2n) is 7.08. The van der Waals surface area contributed by atoms with Gasteiger partial charge in [-0.05, 0) is 36.4 Å². The van der Waals surface area contributed by atoms with Crippen molar-refractivity contribution < 1.29 is 9.59 Å². The van der Waals surface area contributed by atoms with Crippen LogP contribution in [0.15, 0.2) is 79.1 Å². The summed E-state index contributed by atoms with van der Waals surface area (Å²) in [6, 6.07) is 18.9. The number of anilines is 2. The highest BCUT2D eigenvalue weighted by Gasteiger charge is 2.15. The summed E-state index contributed by atoms with van der Waals surface area (Å²) in [5.41, 5.74) is 2.81. The van der Waals surface area contributed by atoms with Gasteiger partial charge in [-0.15, -0.1) is 0 Å². The van der Waals surface area contributed by atoms with Crippen molar-refractivity contribution in [2.45, 2.75) is 0 Å². The molecule has 0 aliphatic rings. The van der Waals surface area contributed by atoms with E-state index >= 15 is 0 Å². The first-order valence-corrected chi connectivity index (χ1v) is 10.2. The Morgan fingerprint density at radius 2 is 1.15 bits per heavy atom. The largest absolute Gasteiger partial charge is 0.304 e. The van der Waals surface area contributed by atoms with Gasteiger partial charge < -0.3 is 10.6 Å². The zero-order chi connectivity index (χ0) is 23.3. The van der Waals surface area contributed by atoms with Gasteiger partial charge in [-0.2, -0.15) is 10.2 Å². The molecule has 5 aromatic rings. The van der Waals surface area contributed by atoms with Crippen LogP contribution in [0.4, 0.5) is 11.6 Å². The van der Waals surface area contributed by atoms with E-state index < -0.39 is 11.8 Å². The number of carbonyl (C=O) groups is 2. The van der Waals surface area contributed by atoms with Gasteiger partial charge in [-0.25, -0.2) is 4.98 Å². The van der Waals surface area contributed by atoms with Crippen molar-refractivity contribution in [3.05, 3.63) is 90.5 Å². The highest BCUT2D eigenvalue weighted by atomic mass is 16.2. The molecule has 0 bridgehead atoms. The topological polar surface area (TPSA) is 154 Å². The Morgan fingerprint density at radius 3 is 1.59 bits per heavy atom. The molecule has 5 heterocycles. The molecule has 0 saturated heterocycles. The fraction of sp³-hybridized carbons (Fsp3) is 0. The number of H-pyrrole nitrogens is 2. The Morgan fingerprint density at radius 1 is 0.647 bits per heavy atom. The third-order valence-electron chi connectivity index (χ3n) is 4.73. The lowest BCUT2D eigenvalue weighted by Gasteiger charge is -2.04. The molecule has 0 fully saturated rings. The first-order chi connectivity index (χ1) is 16.7. The molecule has 0 aliphatic carbocycles. The molecule has 0 saturated carbocycles. The zero-order valence-electron chi connectivity index (χ0n) is 17.6. The number of hydrogen-bond donors (Lipinski definition) is 4. The maximum absolute atomic E-state index is 12.7. The molecule has 2 amide bonds. The summed E-state index contributed by atoms with van der Waals surface area (Å²) in [5.74, 6) is -0.404. The summed E-state index contributed by atoms with van der Waals surface area (Å²) in [7, 11) is 0. The molecule has 0 spiro atoms. The normalized spacial score (nSPS) is 10.6. The van der Waals surface area contributed by atoms with Gasteiger partial charge >= 0.3 is 0 Å². The second kappa shape index (κ2) is 9.12. The number of hydrogen-bond acceptors (Lipinski definition) is 7. The van der Waals surface area contributed by atoms with Crippen LogP contribution < -0.4 is 10.6 Å². The van der Waals surface area contributed by atoms with E-state index in [-0.39, 0.29) is 11.4 Å². The van der Waals surface area contributed by atoms with E-state index in [9.17, 15) is 9.59 Å². The number of amides is 2. The van der Waals surface area contributed by atoms with Gasteiger partial charge in [0, 0.05) is 24.5 Å². The third-order valence-corrected chi connectivity index (χ3v) is 4.73. The van der Waals surface area contributed by atoms with Crippen molar-refractivity contribution in [2.24, 2.45) is 0 Å². The van der Waals surface area contributed by atoms with E-state index in [0.29, 0.717) is 34.4 Å². The van der Waals surface area contributed by atoms with Crippen LogP contribution in [0.3, 0.4) is 0 Å². The van der Waals surface area contributed by atoms with Crippen molar-refractivity contribution in [1.82, 2.24) is 35.3 Å². The molecular formula is C23H17N9O2. The summed E-state index contributed by atoms with van der Waals surface area (Å²) in [5, 5.41) is 19.1. The van der Waals surface area contributed by atoms with E-state index in [1.165, 1.54) is 12.1 Å². The maximum Gasteiger partial charge on any atom is 0.275 e. The fourth-order valence-corrected chi connectivity index (χ4v) is 3.13. The van der Waals surface area contributed by atoms with Gasteiger partial charge in [0.15, 0.2) is 11.6 Å². The Bertz CT molecular complexity index is 1340. The summed E-state index contributed by atoms with van der Waals surface area (Å²) < 4.78 is 0. The predicted molar refractivity (Wildman–Crippen MR) is 124 cm³/mol. The van der Waals surface area contributed by atoms with Gasteiger partial charge in [-0.1, -0.05) is 18.2 Å².